The number of carbonyl (C=O) groups is 1. The van der Waals surface area contributed by atoms with Crippen LogP contribution in [-0.4, -0.2) is 12.5 Å². The van der Waals surface area contributed by atoms with Crippen LogP contribution in [0.2, 0.25) is 5.02 Å². The predicted octanol–water partition coefficient (Wildman–Crippen LogP) is 5.44. The van der Waals surface area contributed by atoms with Gasteiger partial charge in [-0.1, -0.05) is 38.3 Å². The van der Waals surface area contributed by atoms with Crippen LogP contribution in [0.25, 0.3) is 0 Å². The lowest BCUT2D eigenvalue weighted by Crippen LogP contribution is -2.37. The molecule has 0 saturated heterocycles. The van der Waals surface area contributed by atoms with Crippen LogP contribution < -0.4 is 5.32 Å². The van der Waals surface area contributed by atoms with Gasteiger partial charge in [0.2, 0.25) is 0 Å². The van der Waals surface area contributed by atoms with Gasteiger partial charge >= 0.3 is 0 Å². The summed E-state index contributed by atoms with van der Waals surface area (Å²) in [6, 6.07) is 5.28. The highest BCUT2D eigenvalue weighted by Crippen LogP contribution is 2.42. The molecule has 1 aromatic carbocycles. The van der Waals surface area contributed by atoms with Gasteiger partial charge in [-0.25, -0.2) is 0 Å². The van der Waals surface area contributed by atoms with Gasteiger partial charge in [0.1, 0.15) is 0 Å². The summed E-state index contributed by atoms with van der Waals surface area (Å²) in [5.74, 6) is 0.649. The molecule has 4 heteroatoms. The average molecular weight is 373 g/mol. The maximum atomic E-state index is 12.4. The van der Waals surface area contributed by atoms with E-state index in [9.17, 15) is 4.79 Å². The summed E-state index contributed by atoms with van der Waals surface area (Å²) in [5.41, 5.74) is 0.944. The Bertz CT molecular complexity index is 510. The normalized spacial score (nSPS) is 17.2. The molecule has 0 atom stereocenters. The number of hydrogen-bond donors (Lipinski definition) is 1. The van der Waals surface area contributed by atoms with Crippen molar-refractivity contribution in [1.29, 1.82) is 0 Å². The maximum absolute atomic E-state index is 12.4. The van der Waals surface area contributed by atoms with E-state index in [0.717, 1.165) is 11.0 Å². The fraction of sp³-hybridized carbons (Fsp3) is 0.588. The number of hydrogen-bond acceptors (Lipinski definition) is 1. The Morgan fingerprint density at radius 1 is 1.38 bits per heavy atom. The lowest BCUT2D eigenvalue weighted by atomic mass is 9.78. The lowest BCUT2D eigenvalue weighted by Gasteiger charge is -2.31. The maximum Gasteiger partial charge on any atom is 0.252 e. The van der Waals surface area contributed by atoms with Gasteiger partial charge in [-0.05, 0) is 64.7 Å². The van der Waals surface area contributed by atoms with Gasteiger partial charge in [0.15, 0.2) is 0 Å². The summed E-state index contributed by atoms with van der Waals surface area (Å²) in [6.45, 7) is 5.30. The molecule has 1 amide bonds. The third-order valence-corrected chi connectivity index (χ3v) is 5.20. The van der Waals surface area contributed by atoms with Gasteiger partial charge in [0, 0.05) is 16.0 Å². The molecule has 0 unspecified atom stereocenters. The van der Waals surface area contributed by atoms with Gasteiger partial charge in [0.05, 0.1) is 5.56 Å². The van der Waals surface area contributed by atoms with Crippen LogP contribution in [0.15, 0.2) is 22.7 Å². The van der Waals surface area contributed by atoms with E-state index >= 15 is 0 Å². The van der Waals surface area contributed by atoms with E-state index < -0.39 is 0 Å². The van der Waals surface area contributed by atoms with Crippen molar-refractivity contribution in [3.05, 3.63) is 33.3 Å². The van der Waals surface area contributed by atoms with Crippen molar-refractivity contribution in [2.24, 2.45) is 11.3 Å². The molecule has 1 aliphatic carbocycles. The molecule has 0 spiro atoms. The van der Waals surface area contributed by atoms with Crippen molar-refractivity contribution in [3.63, 3.8) is 0 Å². The fourth-order valence-electron chi connectivity index (χ4n) is 3.48. The van der Waals surface area contributed by atoms with E-state index in [4.69, 9.17) is 11.6 Å². The quantitative estimate of drug-likeness (QED) is 0.732. The van der Waals surface area contributed by atoms with Crippen LogP contribution in [0.1, 0.15) is 56.3 Å². The smallest absolute Gasteiger partial charge is 0.252 e. The van der Waals surface area contributed by atoms with Crippen LogP contribution in [0.3, 0.4) is 0 Å². The summed E-state index contributed by atoms with van der Waals surface area (Å²) in [4.78, 5) is 12.4. The van der Waals surface area contributed by atoms with Crippen molar-refractivity contribution in [3.8, 4) is 0 Å². The highest BCUT2D eigenvalue weighted by molar-refractivity contribution is 9.10. The topological polar surface area (TPSA) is 29.1 Å². The molecular formula is C17H23BrClNO. The molecule has 0 radical (unpaired) electrons. The zero-order valence-electron chi connectivity index (χ0n) is 12.7. The Morgan fingerprint density at radius 2 is 2.05 bits per heavy atom. The molecule has 1 fully saturated rings. The molecule has 0 aliphatic heterocycles. The fourth-order valence-corrected chi connectivity index (χ4v) is 4.34. The van der Waals surface area contributed by atoms with E-state index in [1.54, 1.807) is 18.2 Å². The van der Waals surface area contributed by atoms with Gasteiger partial charge in [-0.2, -0.15) is 0 Å². The number of amides is 1. The molecule has 2 rings (SSSR count). The summed E-state index contributed by atoms with van der Waals surface area (Å²) in [5, 5.41) is 3.77. The first-order chi connectivity index (χ1) is 9.92. The molecule has 0 heterocycles. The van der Waals surface area contributed by atoms with E-state index in [1.165, 1.54) is 32.1 Å². The second-order valence-corrected chi connectivity index (χ2v) is 7.90. The van der Waals surface area contributed by atoms with Crippen LogP contribution >= 0.6 is 27.5 Å². The first kappa shape index (κ1) is 16.8. The van der Waals surface area contributed by atoms with Crippen molar-refractivity contribution in [2.75, 3.05) is 6.54 Å². The largest absolute Gasteiger partial charge is 0.351 e. The molecule has 21 heavy (non-hydrogen) atoms. The molecule has 116 valence electrons. The third kappa shape index (κ3) is 4.46. The Kier molecular flexibility index (Phi) is 5.73. The number of halogens is 2. The van der Waals surface area contributed by atoms with E-state index in [2.05, 4.69) is 35.1 Å². The zero-order valence-corrected chi connectivity index (χ0v) is 15.1. The molecule has 1 N–H and O–H groups in total. The van der Waals surface area contributed by atoms with Crippen LogP contribution in [0, 0.1) is 11.3 Å². The lowest BCUT2D eigenvalue weighted by molar-refractivity contribution is 0.0921. The van der Waals surface area contributed by atoms with Crippen molar-refractivity contribution >= 4 is 33.4 Å². The molecule has 1 saturated carbocycles. The highest BCUT2D eigenvalue weighted by Gasteiger charge is 2.34. The second kappa shape index (κ2) is 7.15. The molecule has 1 aromatic rings. The molecule has 2 nitrogen and oxygen atoms in total. The number of carbonyl (C=O) groups excluding carboxylic acids is 1. The zero-order chi connectivity index (χ0) is 15.5. The number of benzene rings is 1. The van der Waals surface area contributed by atoms with Crippen molar-refractivity contribution < 1.29 is 4.79 Å². The van der Waals surface area contributed by atoms with Crippen molar-refractivity contribution in [2.45, 2.75) is 46.0 Å². The van der Waals surface area contributed by atoms with Crippen LogP contribution in [0.5, 0.6) is 0 Å². The van der Waals surface area contributed by atoms with Gasteiger partial charge in [-0.15, -0.1) is 0 Å². The van der Waals surface area contributed by atoms with Gasteiger partial charge < -0.3 is 5.32 Å². The Morgan fingerprint density at radius 3 is 2.62 bits per heavy atom. The minimum Gasteiger partial charge on any atom is -0.351 e. The van der Waals surface area contributed by atoms with Gasteiger partial charge in [-0.3, -0.25) is 4.79 Å². The van der Waals surface area contributed by atoms with Crippen LogP contribution in [-0.2, 0) is 0 Å². The Hall–Kier alpha value is -0.540. The molecule has 0 aromatic heterocycles. The Labute approximate surface area is 140 Å². The minimum atomic E-state index is -0.0198. The Balaban J connectivity index is 2.02. The number of nitrogens with one attached hydrogen (secondary N) is 1. The first-order valence-electron chi connectivity index (χ1n) is 7.65. The van der Waals surface area contributed by atoms with Crippen molar-refractivity contribution in [1.82, 2.24) is 5.32 Å². The second-order valence-electron chi connectivity index (χ2n) is 6.61. The number of rotatable bonds is 5. The average Bonchev–Trinajstić information content (AvgIpc) is 2.84. The van der Waals surface area contributed by atoms with E-state index in [1.807, 2.05) is 0 Å². The summed E-state index contributed by atoms with van der Waals surface area (Å²) in [6.07, 6.45) is 6.22. The summed E-state index contributed by atoms with van der Waals surface area (Å²) < 4.78 is 0.747. The molecule has 0 bridgehead atoms. The SMILES string of the molecule is CC(C)CC1(CNC(=O)c2ccc(Cl)cc2Br)CCCC1. The van der Waals surface area contributed by atoms with Gasteiger partial charge in [0.25, 0.3) is 5.91 Å². The summed E-state index contributed by atoms with van der Waals surface area (Å²) >= 11 is 9.33. The first-order valence-corrected chi connectivity index (χ1v) is 8.82. The molecular weight excluding hydrogens is 350 g/mol. The minimum absolute atomic E-state index is 0.0198. The highest BCUT2D eigenvalue weighted by atomic mass is 79.9. The van der Waals surface area contributed by atoms with Crippen LogP contribution in [0.4, 0.5) is 0 Å². The standard InChI is InChI=1S/C17H23BrClNO/c1-12(2)10-17(7-3-4-8-17)11-20-16(21)14-6-5-13(19)9-15(14)18/h5-6,9,12H,3-4,7-8,10-11H2,1-2H3,(H,20,21). The monoisotopic (exact) mass is 371 g/mol. The van der Waals surface area contributed by atoms with E-state index in [-0.39, 0.29) is 5.91 Å². The summed E-state index contributed by atoms with van der Waals surface area (Å²) in [7, 11) is 0. The van der Waals surface area contributed by atoms with E-state index in [0.29, 0.717) is 21.9 Å². The predicted molar refractivity (Wildman–Crippen MR) is 91.8 cm³/mol. The third-order valence-electron chi connectivity index (χ3n) is 4.31. The molecule has 1 aliphatic rings.